The Bertz CT molecular complexity index is 329. The van der Waals surface area contributed by atoms with E-state index in [2.05, 4.69) is 5.32 Å². The van der Waals surface area contributed by atoms with Gasteiger partial charge < -0.3 is 21.1 Å². The monoisotopic (exact) mass is 273 g/mol. The summed E-state index contributed by atoms with van der Waals surface area (Å²) in [5.74, 6) is -1.76. The average Bonchev–Trinajstić information content (AvgIpc) is 2.34. The van der Waals surface area contributed by atoms with Crippen LogP contribution in [0, 0.1) is 0 Å². The molecule has 0 aromatic rings. The fourth-order valence-corrected chi connectivity index (χ4v) is 1.80. The predicted molar refractivity (Wildman–Crippen MR) is 70.5 cm³/mol. The van der Waals surface area contributed by atoms with Crippen LogP contribution in [-0.2, 0) is 9.59 Å². The Morgan fingerprint density at radius 3 is 2.16 bits per heavy atom. The molecule has 1 atom stereocenters. The molecule has 3 amide bonds. The number of urea groups is 1. The maximum Gasteiger partial charge on any atom is 0.326 e. The van der Waals surface area contributed by atoms with E-state index in [9.17, 15) is 14.4 Å². The van der Waals surface area contributed by atoms with Gasteiger partial charge in [0.05, 0.1) is 0 Å². The fourth-order valence-electron chi connectivity index (χ4n) is 1.80. The van der Waals surface area contributed by atoms with Crippen molar-refractivity contribution in [2.24, 2.45) is 5.73 Å². The largest absolute Gasteiger partial charge is 0.480 e. The van der Waals surface area contributed by atoms with E-state index >= 15 is 0 Å². The van der Waals surface area contributed by atoms with Crippen molar-refractivity contribution < 1.29 is 19.5 Å². The van der Waals surface area contributed by atoms with Gasteiger partial charge in [0.15, 0.2) is 0 Å². The van der Waals surface area contributed by atoms with Crippen molar-refractivity contribution >= 4 is 17.9 Å². The molecule has 0 saturated heterocycles. The second kappa shape index (κ2) is 8.34. The van der Waals surface area contributed by atoms with Crippen molar-refractivity contribution in [3.8, 4) is 0 Å². The van der Waals surface area contributed by atoms with E-state index in [0.717, 1.165) is 12.8 Å². The molecule has 0 bridgehead atoms. The van der Waals surface area contributed by atoms with Gasteiger partial charge in [-0.1, -0.05) is 13.8 Å². The number of nitrogens with zero attached hydrogens (tertiary/aromatic N) is 1. The zero-order valence-corrected chi connectivity index (χ0v) is 11.7. The summed E-state index contributed by atoms with van der Waals surface area (Å²) < 4.78 is 0. The first-order chi connectivity index (χ1) is 8.83. The van der Waals surface area contributed by atoms with Crippen LogP contribution in [0.25, 0.3) is 0 Å². The van der Waals surface area contributed by atoms with Gasteiger partial charge in [0.1, 0.15) is 6.04 Å². The summed E-state index contributed by atoms with van der Waals surface area (Å²) in [5, 5.41) is 11.4. The van der Waals surface area contributed by atoms with Crippen LogP contribution in [0.1, 0.15) is 39.5 Å². The van der Waals surface area contributed by atoms with Crippen LogP contribution >= 0.6 is 0 Å². The predicted octanol–water partition coefficient (Wildman–Crippen LogP) is 0.535. The highest BCUT2D eigenvalue weighted by Crippen LogP contribution is 2.07. The lowest BCUT2D eigenvalue weighted by Crippen LogP contribution is -2.49. The zero-order chi connectivity index (χ0) is 15.0. The Morgan fingerprint density at radius 2 is 1.79 bits per heavy atom. The van der Waals surface area contributed by atoms with Crippen molar-refractivity contribution in [1.82, 2.24) is 10.2 Å². The molecule has 19 heavy (non-hydrogen) atoms. The number of carboxylic acid groups (broad SMARTS) is 1. The molecule has 0 spiro atoms. The van der Waals surface area contributed by atoms with Crippen LogP contribution in [0.2, 0.25) is 0 Å². The molecular weight excluding hydrogens is 250 g/mol. The second-order valence-corrected chi connectivity index (χ2v) is 4.43. The molecule has 0 aromatic carbocycles. The SMILES string of the molecule is CCC(CC)N(C)C(=O)N[C@@H](CCC(N)=O)C(=O)O. The van der Waals surface area contributed by atoms with Crippen molar-refractivity contribution in [3.63, 3.8) is 0 Å². The zero-order valence-electron chi connectivity index (χ0n) is 11.7. The molecule has 110 valence electrons. The molecule has 0 unspecified atom stereocenters. The number of nitrogens with two attached hydrogens (primary N) is 1. The van der Waals surface area contributed by atoms with Gasteiger partial charge in [-0.3, -0.25) is 4.79 Å². The lowest BCUT2D eigenvalue weighted by atomic mass is 10.1. The number of primary amides is 1. The Labute approximate surface area is 113 Å². The van der Waals surface area contributed by atoms with E-state index in [-0.39, 0.29) is 18.9 Å². The van der Waals surface area contributed by atoms with E-state index in [4.69, 9.17) is 10.8 Å². The van der Waals surface area contributed by atoms with Crippen molar-refractivity contribution in [2.45, 2.75) is 51.6 Å². The van der Waals surface area contributed by atoms with Gasteiger partial charge in [0, 0.05) is 19.5 Å². The summed E-state index contributed by atoms with van der Waals surface area (Å²) >= 11 is 0. The highest BCUT2D eigenvalue weighted by atomic mass is 16.4. The van der Waals surface area contributed by atoms with Crippen molar-refractivity contribution in [3.05, 3.63) is 0 Å². The summed E-state index contributed by atoms with van der Waals surface area (Å²) in [6.07, 6.45) is 1.50. The van der Waals surface area contributed by atoms with Crippen LogP contribution < -0.4 is 11.1 Å². The van der Waals surface area contributed by atoms with Crippen LogP contribution in [0.5, 0.6) is 0 Å². The summed E-state index contributed by atoms with van der Waals surface area (Å²) in [6.45, 7) is 3.92. The highest BCUT2D eigenvalue weighted by Gasteiger charge is 2.24. The Hall–Kier alpha value is -1.79. The van der Waals surface area contributed by atoms with Crippen LogP contribution in [0.15, 0.2) is 0 Å². The first-order valence-electron chi connectivity index (χ1n) is 6.37. The van der Waals surface area contributed by atoms with Crippen LogP contribution in [0.3, 0.4) is 0 Å². The topological polar surface area (TPSA) is 113 Å². The minimum Gasteiger partial charge on any atom is -0.480 e. The third-order valence-electron chi connectivity index (χ3n) is 3.09. The molecule has 0 aliphatic rings. The van der Waals surface area contributed by atoms with E-state index < -0.39 is 23.9 Å². The average molecular weight is 273 g/mol. The van der Waals surface area contributed by atoms with E-state index in [1.165, 1.54) is 4.90 Å². The first-order valence-corrected chi connectivity index (χ1v) is 6.37. The number of rotatable bonds is 8. The summed E-state index contributed by atoms with van der Waals surface area (Å²) in [6, 6.07) is -1.49. The van der Waals surface area contributed by atoms with Gasteiger partial charge in [0.2, 0.25) is 5.91 Å². The molecule has 0 heterocycles. The second-order valence-electron chi connectivity index (χ2n) is 4.43. The Morgan fingerprint density at radius 1 is 1.26 bits per heavy atom. The highest BCUT2D eigenvalue weighted by molar-refractivity contribution is 5.83. The summed E-state index contributed by atoms with van der Waals surface area (Å²) in [4.78, 5) is 35.0. The van der Waals surface area contributed by atoms with E-state index in [0.29, 0.717) is 0 Å². The Balaban J connectivity index is 4.53. The molecule has 0 saturated carbocycles. The molecule has 0 aromatic heterocycles. The molecular formula is C12H23N3O4. The number of carboxylic acids is 1. The van der Waals surface area contributed by atoms with Gasteiger partial charge in [-0.05, 0) is 19.3 Å². The number of hydrogen-bond donors (Lipinski definition) is 3. The number of nitrogens with one attached hydrogen (secondary N) is 1. The quantitative estimate of drug-likeness (QED) is 0.598. The molecule has 0 aliphatic carbocycles. The van der Waals surface area contributed by atoms with Gasteiger partial charge >= 0.3 is 12.0 Å². The maximum absolute atomic E-state index is 11.9. The minimum absolute atomic E-state index is 0.00678. The molecule has 0 radical (unpaired) electrons. The number of carbonyl (C=O) groups is 3. The van der Waals surface area contributed by atoms with Gasteiger partial charge in [0.25, 0.3) is 0 Å². The summed E-state index contributed by atoms with van der Waals surface area (Å²) in [5.41, 5.74) is 4.97. The van der Waals surface area contributed by atoms with E-state index in [1.54, 1.807) is 7.05 Å². The maximum atomic E-state index is 11.9. The van der Waals surface area contributed by atoms with Gasteiger partial charge in [-0.2, -0.15) is 0 Å². The standard InChI is InChI=1S/C12H23N3O4/c1-4-8(5-2)15(3)12(19)14-9(11(17)18)6-7-10(13)16/h8-9H,4-7H2,1-3H3,(H2,13,16)(H,14,19)(H,17,18)/t9-/m0/s1. The molecule has 0 rings (SSSR count). The van der Waals surface area contributed by atoms with Crippen LogP contribution in [-0.4, -0.2) is 47.0 Å². The van der Waals surface area contributed by atoms with Crippen molar-refractivity contribution in [2.75, 3.05) is 7.05 Å². The third-order valence-corrected chi connectivity index (χ3v) is 3.09. The Kier molecular flexibility index (Phi) is 7.55. The smallest absolute Gasteiger partial charge is 0.326 e. The number of amides is 3. The van der Waals surface area contributed by atoms with E-state index in [1.807, 2.05) is 13.8 Å². The lowest BCUT2D eigenvalue weighted by molar-refractivity contribution is -0.139. The third kappa shape index (κ3) is 6.08. The van der Waals surface area contributed by atoms with Gasteiger partial charge in [-0.15, -0.1) is 0 Å². The normalized spacial score (nSPS) is 12.0. The fraction of sp³-hybridized carbons (Fsp3) is 0.750. The molecule has 0 fully saturated rings. The van der Waals surface area contributed by atoms with Crippen molar-refractivity contribution in [1.29, 1.82) is 0 Å². The number of aliphatic carboxylic acids is 1. The lowest BCUT2D eigenvalue weighted by Gasteiger charge is -2.28. The summed E-state index contributed by atoms with van der Waals surface area (Å²) in [7, 11) is 1.62. The molecule has 0 aliphatic heterocycles. The minimum atomic E-state index is -1.17. The first kappa shape index (κ1) is 17.2. The number of hydrogen-bond acceptors (Lipinski definition) is 3. The molecule has 7 heteroatoms. The van der Waals surface area contributed by atoms with Gasteiger partial charge in [-0.25, -0.2) is 9.59 Å². The molecule has 7 nitrogen and oxygen atoms in total. The van der Waals surface area contributed by atoms with Crippen LogP contribution in [0.4, 0.5) is 4.79 Å². The molecule has 4 N–H and O–H groups in total. The number of carbonyl (C=O) groups excluding carboxylic acids is 2.